The Morgan fingerprint density at radius 2 is 1.41 bits per heavy atom. The molecule has 0 saturated heterocycles. The molecule has 0 bridgehead atoms. The SMILES string of the molecule is N[C@@H](CC(=O)OC(=O)CCl)C(=O)OC(=O)CCl. The molecule has 0 saturated carbocycles. The van der Waals surface area contributed by atoms with Gasteiger partial charge in [0.1, 0.15) is 17.8 Å². The molecule has 0 amide bonds. The van der Waals surface area contributed by atoms with Crippen LogP contribution in [0.1, 0.15) is 6.42 Å². The van der Waals surface area contributed by atoms with Crippen molar-refractivity contribution < 1.29 is 28.7 Å². The summed E-state index contributed by atoms with van der Waals surface area (Å²) >= 11 is 10.1. The molecule has 0 aromatic carbocycles. The van der Waals surface area contributed by atoms with Gasteiger partial charge < -0.3 is 15.2 Å². The molecule has 17 heavy (non-hydrogen) atoms. The number of hydrogen-bond acceptors (Lipinski definition) is 7. The van der Waals surface area contributed by atoms with Gasteiger partial charge in [0.05, 0.1) is 6.42 Å². The highest BCUT2D eigenvalue weighted by Gasteiger charge is 2.23. The van der Waals surface area contributed by atoms with Gasteiger partial charge in [0.25, 0.3) is 0 Å². The van der Waals surface area contributed by atoms with Gasteiger partial charge in [0.2, 0.25) is 0 Å². The quantitative estimate of drug-likeness (QED) is 0.404. The van der Waals surface area contributed by atoms with Gasteiger partial charge in [-0.15, -0.1) is 23.2 Å². The fourth-order valence-electron chi connectivity index (χ4n) is 0.674. The normalized spacial score (nSPS) is 11.5. The van der Waals surface area contributed by atoms with Crippen molar-refractivity contribution in [3.8, 4) is 0 Å². The Labute approximate surface area is 106 Å². The van der Waals surface area contributed by atoms with Crippen LogP contribution in [0, 0.1) is 0 Å². The van der Waals surface area contributed by atoms with Crippen LogP contribution in [0.2, 0.25) is 0 Å². The maximum Gasteiger partial charge on any atom is 0.331 e. The number of carbonyl (C=O) groups excluding carboxylic acids is 4. The van der Waals surface area contributed by atoms with Crippen LogP contribution < -0.4 is 5.73 Å². The van der Waals surface area contributed by atoms with E-state index in [4.69, 9.17) is 28.9 Å². The highest BCUT2D eigenvalue weighted by molar-refractivity contribution is 6.27. The predicted octanol–water partition coefficient (Wildman–Crippen LogP) is -0.679. The lowest BCUT2D eigenvalue weighted by atomic mass is 10.2. The summed E-state index contributed by atoms with van der Waals surface area (Å²) in [5.74, 6) is -5.15. The van der Waals surface area contributed by atoms with Crippen LogP contribution in [-0.4, -0.2) is 41.7 Å². The molecule has 1 atom stereocenters. The third-order valence-corrected chi connectivity index (χ3v) is 1.79. The lowest BCUT2D eigenvalue weighted by Crippen LogP contribution is -2.36. The van der Waals surface area contributed by atoms with E-state index in [2.05, 4.69) is 9.47 Å². The van der Waals surface area contributed by atoms with E-state index < -0.39 is 48.1 Å². The molecule has 0 aromatic rings. The zero-order chi connectivity index (χ0) is 13.4. The fourth-order valence-corrected chi connectivity index (χ4v) is 0.783. The minimum atomic E-state index is -1.42. The van der Waals surface area contributed by atoms with E-state index in [-0.39, 0.29) is 0 Å². The molecule has 0 aromatic heterocycles. The molecular formula is C8H9Cl2NO6. The van der Waals surface area contributed by atoms with Crippen molar-refractivity contribution in [2.45, 2.75) is 12.5 Å². The van der Waals surface area contributed by atoms with Gasteiger partial charge in [-0.2, -0.15) is 0 Å². The number of hydrogen-bond donors (Lipinski definition) is 1. The van der Waals surface area contributed by atoms with Gasteiger partial charge in [-0.1, -0.05) is 0 Å². The molecule has 0 unspecified atom stereocenters. The third kappa shape index (κ3) is 6.88. The Bertz CT molecular complexity index is 332. The van der Waals surface area contributed by atoms with Gasteiger partial charge in [-0.3, -0.25) is 14.4 Å². The molecular weight excluding hydrogens is 277 g/mol. The van der Waals surface area contributed by atoms with Crippen molar-refractivity contribution >= 4 is 47.1 Å². The molecule has 2 N–H and O–H groups in total. The summed E-state index contributed by atoms with van der Waals surface area (Å²) in [6.45, 7) is 0. The number of ether oxygens (including phenoxy) is 2. The Kier molecular flexibility index (Phi) is 7.44. The van der Waals surface area contributed by atoms with Crippen LogP contribution in [0.15, 0.2) is 0 Å². The number of halogens is 2. The molecule has 0 heterocycles. The van der Waals surface area contributed by atoms with E-state index in [1.807, 2.05) is 0 Å². The molecule has 96 valence electrons. The second-order valence-electron chi connectivity index (χ2n) is 2.72. The second-order valence-corrected chi connectivity index (χ2v) is 3.25. The highest BCUT2D eigenvalue weighted by atomic mass is 35.5. The topological polar surface area (TPSA) is 113 Å². The van der Waals surface area contributed by atoms with Crippen LogP contribution in [0.25, 0.3) is 0 Å². The Morgan fingerprint density at radius 3 is 1.88 bits per heavy atom. The smallest absolute Gasteiger partial charge is 0.331 e. The average molecular weight is 286 g/mol. The Hall–Kier alpha value is -1.18. The van der Waals surface area contributed by atoms with Crippen molar-refractivity contribution in [1.29, 1.82) is 0 Å². The monoisotopic (exact) mass is 285 g/mol. The first-order valence-electron chi connectivity index (χ1n) is 4.26. The molecule has 0 radical (unpaired) electrons. The number of carbonyl (C=O) groups is 4. The molecule has 0 rings (SSSR count). The summed E-state index contributed by atoms with van der Waals surface area (Å²) in [5, 5.41) is 0. The van der Waals surface area contributed by atoms with Crippen LogP contribution in [0.3, 0.4) is 0 Å². The predicted molar refractivity (Wildman–Crippen MR) is 56.2 cm³/mol. The first-order chi connectivity index (χ1) is 7.90. The van der Waals surface area contributed by atoms with Crippen LogP contribution >= 0.6 is 23.2 Å². The van der Waals surface area contributed by atoms with Gasteiger partial charge in [0.15, 0.2) is 0 Å². The number of nitrogens with two attached hydrogens (primary N) is 1. The first-order valence-corrected chi connectivity index (χ1v) is 5.33. The summed E-state index contributed by atoms with van der Waals surface area (Å²) in [6.07, 6.45) is -0.614. The molecule has 9 heteroatoms. The lowest BCUT2D eigenvalue weighted by molar-refractivity contribution is -0.164. The van der Waals surface area contributed by atoms with E-state index in [1.165, 1.54) is 0 Å². The van der Waals surface area contributed by atoms with E-state index in [0.29, 0.717) is 0 Å². The van der Waals surface area contributed by atoms with Gasteiger partial charge >= 0.3 is 23.9 Å². The third-order valence-electron chi connectivity index (χ3n) is 1.35. The average Bonchev–Trinajstić information content (AvgIpc) is 2.28. The molecule has 0 aliphatic heterocycles. The van der Waals surface area contributed by atoms with Crippen molar-refractivity contribution in [2.75, 3.05) is 11.8 Å². The van der Waals surface area contributed by atoms with E-state index in [1.54, 1.807) is 0 Å². The van der Waals surface area contributed by atoms with Crippen molar-refractivity contribution in [3.05, 3.63) is 0 Å². The van der Waals surface area contributed by atoms with E-state index in [0.717, 1.165) is 0 Å². The summed E-state index contributed by atoms with van der Waals surface area (Å²) in [4.78, 5) is 43.3. The minimum absolute atomic E-state index is 0.504. The molecule has 0 aliphatic carbocycles. The van der Waals surface area contributed by atoms with Crippen molar-refractivity contribution in [3.63, 3.8) is 0 Å². The maximum atomic E-state index is 11.1. The summed E-state index contributed by atoms with van der Waals surface area (Å²) < 4.78 is 8.28. The fraction of sp³-hybridized carbons (Fsp3) is 0.500. The maximum absolute atomic E-state index is 11.1. The zero-order valence-corrected chi connectivity index (χ0v) is 9.99. The number of esters is 4. The van der Waals surface area contributed by atoms with Crippen LogP contribution in [0.4, 0.5) is 0 Å². The molecule has 7 nitrogen and oxygen atoms in total. The largest absolute Gasteiger partial charge is 0.392 e. The summed E-state index contributed by atoms with van der Waals surface area (Å²) in [7, 11) is 0. The first kappa shape index (κ1) is 15.8. The van der Waals surface area contributed by atoms with Crippen LogP contribution in [-0.2, 0) is 28.7 Å². The minimum Gasteiger partial charge on any atom is -0.392 e. The molecule has 0 fully saturated rings. The van der Waals surface area contributed by atoms with E-state index >= 15 is 0 Å². The number of alkyl halides is 2. The van der Waals surface area contributed by atoms with E-state index in [9.17, 15) is 19.2 Å². The highest BCUT2D eigenvalue weighted by Crippen LogP contribution is 1.97. The van der Waals surface area contributed by atoms with Gasteiger partial charge in [-0.25, -0.2) is 4.79 Å². The Morgan fingerprint density at radius 1 is 0.941 bits per heavy atom. The van der Waals surface area contributed by atoms with Crippen molar-refractivity contribution in [2.24, 2.45) is 5.73 Å². The summed E-state index contributed by atoms with van der Waals surface area (Å²) in [6, 6.07) is -1.42. The molecule has 0 aliphatic rings. The summed E-state index contributed by atoms with van der Waals surface area (Å²) in [5.41, 5.74) is 5.22. The zero-order valence-electron chi connectivity index (χ0n) is 8.48. The van der Waals surface area contributed by atoms with Crippen molar-refractivity contribution in [1.82, 2.24) is 0 Å². The van der Waals surface area contributed by atoms with Gasteiger partial charge in [0, 0.05) is 0 Å². The standard InChI is InChI=1S/C8H9Cl2NO6/c9-2-6(13)16-5(12)1-4(11)8(15)17-7(14)3-10/h4H,1-3,11H2/t4-/m0/s1. The van der Waals surface area contributed by atoms with Crippen LogP contribution in [0.5, 0.6) is 0 Å². The molecule has 0 spiro atoms. The number of rotatable bonds is 5. The van der Waals surface area contributed by atoms with Gasteiger partial charge in [-0.05, 0) is 0 Å². The Balaban J connectivity index is 4.11. The lowest BCUT2D eigenvalue weighted by Gasteiger charge is -2.08. The second kappa shape index (κ2) is 7.99.